The van der Waals surface area contributed by atoms with Crippen LogP contribution in [0.5, 0.6) is 0 Å². The summed E-state index contributed by atoms with van der Waals surface area (Å²) in [5.41, 5.74) is 3.89. The van der Waals surface area contributed by atoms with Crippen LogP contribution in [0.2, 0.25) is 0 Å². The van der Waals surface area contributed by atoms with Crippen molar-refractivity contribution in [2.45, 2.75) is 30.2 Å². The first-order valence-corrected chi connectivity index (χ1v) is 15.1. The van der Waals surface area contributed by atoms with E-state index in [0.717, 1.165) is 55.1 Å². The molecule has 9 heteroatoms. The molecular weight excluding hydrogens is 518 g/mol. The SMILES string of the molecule is Cc1cccc(S(=O)(=O)N2CCN(CCN3CCC4C(C3)c3cc(F)ccc3N4c3ccc(F)cc3)CC2)c1. The zero-order valence-corrected chi connectivity index (χ0v) is 23.0. The van der Waals surface area contributed by atoms with Crippen molar-refractivity contribution < 1.29 is 17.2 Å². The van der Waals surface area contributed by atoms with Gasteiger partial charge in [-0.05, 0) is 79.1 Å². The molecule has 6 rings (SSSR count). The Morgan fingerprint density at radius 1 is 0.821 bits per heavy atom. The van der Waals surface area contributed by atoms with Crippen LogP contribution >= 0.6 is 0 Å². The molecule has 2 atom stereocenters. The second kappa shape index (κ2) is 10.6. The molecule has 0 aromatic heterocycles. The fraction of sp³-hybridized carbons (Fsp3) is 0.400. The van der Waals surface area contributed by atoms with Crippen molar-refractivity contribution in [2.24, 2.45) is 0 Å². The van der Waals surface area contributed by atoms with Crippen molar-refractivity contribution in [3.63, 3.8) is 0 Å². The molecule has 0 spiro atoms. The number of piperazine rings is 1. The van der Waals surface area contributed by atoms with Gasteiger partial charge >= 0.3 is 0 Å². The first kappa shape index (κ1) is 26.4. The van der Waals surface area contributed by atoms with Crippen LogP contribution in [0.25, 0.3) is 0 Å². The van der Waals surface area contributed by atoms with Crippen LogP contribution in [-0.2, 0) is 10.0 Å². The second-order valence-electron chi connectivity index (χ2n) is 10.9. The van der Waals surface area contributed by atoms with E-state index in [-0.39, 0.29) is 23.6 Å². The van der Waals surface area contributed by atoms with E-state index in [4.69, 9.17) is 0 Å². The van der Waals surface area contributed by atoms with Crippen molar-refractivity contribution in [1.29, 1.82) is 0 Å². The highest BCUT2D eigenvalue weighted by Crippen LogP contribution is 2.48. The van der Waals surface area contributed by atoms with Gasteiger partial charge in [-0.1, -0.05) is 12.1 Å². The summed E-state index contributed by atoms with van der Waals surface area (Å²) >= 11 is 0. The lowest BCUT2D eigenvalue weighted by Gasteiger charge is -2.40. The van der Waals surface area contributed by atoms with E-state index in [1.54, 1.807) is 40.7 Å². The molecule has 0 amide bonds. The fourth-order valence-electron chi connectivity index (χ4n) is 6.38. The van der Waals surface area contributed by atoms with Gasteiger partial charge in [-0.3, -0.25) is 4.90 Å². The summed E-state index contributed by atoms with van der Waals surface area (Å²) in [6, 6.07) is 18.9. The number of anilines is 2. The average Bonchev–Trinajstić information content (AvgIpc) is 3.25. The lowest BCUT2D eigenvalue weighted by molar-refractivity contribution is 0.139. The first-order valence-electron chi connectivity index (χ1n) is 13.7. The Morgan fingerprint density at radius 2 is 1.54 bits per heavy atom. The maximum absolute atomic E-state index is 14.3. The number of piperidine rings is 1. The van der Waals surface area contributed by atoms with Gasteiger partial charge in [0.1, 0.15) is 11.6 Å². The Morgan fingerprint density at radius 3 is 2.28 bits per heavy atom. The van der Waals surface area contributed by atoms with Gasteiger partial charge in [0.2, 0.25) is 10.0 Å². The summed E-state index contributed by atoms with van der Waals surface area (Å²) in [5.74, 6) is -0.327. The number of hydrogen-bond donors (Lipinski definition) is 0. The van der Waals surface area contributed by atoms with Gasteiger partial charge < -0.3 is 9.80 Å². The maximum atomic E-state index is 14.3. The highest BCUT2D eigenvalue weighted by molar-refractivity contribution is 7.89. The molecule has 3 heterocycles. The van der Waals surface area contributed by atoms with Crippen molar-refractivity contribution in [2.75, 3.05) is 57.3 Å². The van der Waals surface area contributed by atoms with Gasteiger partial charge in [0.25, 0.3) is 0 Å². The largest absolute Gasteiger partial charge is 0.337 e. The molecule has 206 valence electrons. The van der Waals surface area contributed by atoms with E-state index in [1.165, 1.54) is 18.2 Å². The number of rotatable bonds is 6. The van der Waals surface area contributed by atoms with E-state index < -0.39 is 10.0 Å². The molecular formula is C30H34F2N4O2S. The molecule has 2 fully saturated rings. The summed E-state index contributed by atoms with van der Waals surface area (Å²) in [5, 5.41) is 0. The maximum Gasteiger partial charge on any atom is 0.243 e. The van der Waals surface area contributed by atoms with Gasteiger partial charge in [0, 0.05) is 75.7 Å². The van der Waals surface area contributed by atoms with Crippen LogP contribution in [-0.4, -0.2) is 80.9 Å². The molecule has 3 aromatic carbocycles. The van der Waals surface area contributed by atoms with Crippen molar-refractivity contribution in [3.05, 3.63) is 89.5 Å². The Balaban J connectivity index is 1.08. The lowest BCUT2D eigenvalue weighted by Crippen LogP contribution is -2.51. The monoisotopic (exact) mass is 552 g/mol. The molecule has 0 aliphatic carbocycles. The topological polar surface area (TPSA) is 47.1 Å². The van der Waals surface area contributed by atoms with Crippen LogP contribution in [0.15, 0.2) is 71.6 Å². The molecule has 2 unspecified atom stereocenters. The number of halogens is 2. The zero-order chi connectivity index (χ0) is 27.1. The number of hydrogen-bond acceptors (Lipinski definition) is 5. The van der Waals surface area contributed by atoms with Crippen LogP contribution in [0.1, 0.15) is 23.5 Å². The smallest absolute Gasteiger partial charge is 0.243 e. The van der Waals surface area contributed by atoms with Gasteiger partial charge in [0.15, 0.2) is 0 Å². The van der Waals surface area contributed by atoms with Crippen LogP contribution in [0, 0.1) is 18.6 Å². The van der Waals surface area contributed by atoms with E-state index in [1.807, 2.05) is 19.1 Å². The molecule has 0 radical (unpaired) electrons. The third kappa shape index (κ3) is 5.20. The summed E-state index contributed by atoms with van der Waals surface area (Å²) in [6.45, 7) is 7.80. The fourth-order valence-corrected chi connectivity index (χ4v) is 7.91. The third-order valence-corrected chi connectivity index (χ3v) is 10.3. The lowest BCUT2D eigenvalue weighted by atomic mass is 9.89. The number of aryl methyl sites for hydroxylation is 1. The van der Waals surface area contributed by atoms with Gasteiger partial charge in [-0.15, -0.1) is 0 Å². The summed E-state index contributed by atoms with van der Waals surface area (Å²) in [7, 11) is -3.48. The Labute approximate surface area is 229 Å². The molecule has 3 aromatic rings. The summed E-state index contributed by atoms with van der Waals surface area (Å²) in [4.78, 5) is 7.40. The van der Waals surface area contributed by atoms with E-state index in [0.29, 0.717) is 31.1 Å². The molecule has 0 bridgehead atoms. The Bertz CT molecular complexity index is 1440. The third-order valence-electron chi connectivity index (χ3n) is 8.44. The highest BCUT2D eigenvalue weighted by atomic mass is 32.2. The normalized spacial score (nSPS) is 22.6. The van der Waals surface area contributed by atoms with Gasteiger partial charge in [-0.2, -0.15) is 4.31 Å². The van der Waals surface area contributed by atoms with Crippen molar-refractivity contribution in [1.82, 2.24) is 14.1 Å². The Hall–Kier alpha value is -2.85. The summed E-state index contributed by atoms with van der Waals surface area (Å²) < 4.78 is 55.7. The Kier molecular flexibility index (Phi) is 7.18. The molecule has 3 aliphatic rings. The van der Waals surface area contributed by atoms with E-state index >= 15 is 0 Å². The quantitative estimate of drug-likeness (QED) is 0.448. The highest BCUT2D eigenvalue weighted by Gasteiger charge is 2.42. The minimum atomic E-state index is -3.48. The molecule has 3 aliphatic heterocycles. The van der Waals surface area contributed by atoms with Crippen LogP contribution in [0.4, 0.5) is 20.2 Å². The molecule has 6 nitrogen and oxygen atoms in total. The standard InChI is InChI=1S/C30H34F2N4O2S/c1-22-3-2-4-26(19-22)39(37,38)35-17-15-33(16-18-35)13-14-34-12-11-30-28(21-34)27-20-24(32)7-10-29(27)36(30)25-8-5-23(31)6-9-25/h2-10,19-20,28,30H,11-18,21H2,1H3. The molecule has 2 saturated heterocycles. The number of sulfonamides is 1. The first-order chi connectivity index (χ1) is 18.8. The van der Waals surface area contributed by atoms with Gasteiger partial charge in [0.05, 0.1) is 4.90 Å². The average molecular weight is 553 g/mol. The number of likely N-dealkylation sites (tertiary alicyclic amines) is 1. The number of nitrogens with zero attached hydrogens (tertiary/aromatic N) is 4. The van der Waals surface area contributed by atoms with Crippen LogP contribution in [0.3, 0.4) is 0 Å². The zero-order valence-electron chi connectivity index (χ0n) is 22.1. The molecule has 39 heavy (non-hydrogen) atoms. The summed E-state index contributed by atoms with van der Waals surface area (Å²) in [6.07, 6.45) is 0.931. The van der Waals surface area contributed by atoms with E-state index in [2.05, 4.69) is 14.7 Å². The molecule has 0 N–H and O–H groups in total. The van der Waals surface area contributed by atoms with Gasteiger partial charge in [-0.25, -0.2) is 17.2 Å². The van der Waals surface area contributed by atoms with Crippen molar-refractivity contribution >= 4 is 21.4 Å². The van der Waals surface area contributed by atoms with Crippen molar-refractivity contribution in [3.8, 4) is 0 Å². The second-order valence-corrected chi connectivity index (χ2v) is 12.8. The number of fused-ring (bicyclic) bond motifs is 3. The predicted molar refractivity (Wildman–Crippen MR) is 149 cm³/mol. The molecule has 0 saturated carbocycles. The minimum absolute atomic E-state index is 0.172. The number of benzene rings is 3. The predicted octanol–water partition coefficient (Wildman–Crippen LogP) is 4.59. The van der Waals surface area contributed by atoms with E-state index in [9.17, 15) is 17.2 Å². The van der Waals surface area contributed by atoms with Crippen LogP contribution < -0.4 is 4.90 Å². The minimum Gasteiger partial charge on any atom is -0.337 e.